The average Bonchev–Trinajstić information content (AvgIpc) is 2.28. The standard InChI is InChI=1S/C13H20FNO2/c1-9(8-17-4)15(3)13-6-5-11(14)7-12(13)10(2)16/h5-7,9-10,16H,8H2,1-4H3/t9?,10-/m0/s1. The van der Waals surface area contributed by atoms with Crippen LogP contribution in [0.3, 0.4) is 0 Å². The second-order valence-electron chi connectivity index (χ2n) is 4.29. The fourth-order valence-electron chi connectivity index (χ4n) is 1.77. The van der Waals surface area contributed by atoms with Gasteiger partial charge in [-0.3, -0.25) is 0 Å². The van der Waals surface area contributed by atoms with Crippen molar-refractivity contribution in [1.82, 2.24) is 0 Å². The number of methoxy groups -OCH3 is 1. The molecule has 17 heavy (non-hydrogen) atoms. The molecule has 4 heteroatoms. The van der Waals surface area contributed by atoms with Gasteiger partial charge in [0.05, 0.1) is 12.7 Å². The number of anilines is 1. The fraction of sp³-hybridized carbons (Fsp3) is 0.538. The summed E-state index contributed by atoms with van der Waals surface area (Å²) in [6.45, 7) is 4.22. The van der Waals surface area contributed by atoms with E-state index in [1.807, 2.05) is 18.9 Å². The van der Waals surface area contributed by atoms with E-state index in [1.165, 1.54) is 12.1 Å². The molecule has 1 aromatic carbocycles. The maximum absolute atomic E-state index is 13.2. The van der Waals surface area contributed by atoms with Gasteiger partial charge in [0.2, 0.25) is 0 Å². The van der Waals surface area contributed by atoms with Crippen molar-refractivity contribution in [3.63, 3.8) is 0 Å². The van der Waals surface area contributed by atoms with Gasteiger partial charge in [0.15, 0.2) is 0 Å². The number of likely N-dealkylation sites (N-methyl/N-ethyl adjacent to an activating group) is 1. The molecule has 0 spiro atoms. The van der Waals surface area contributed by atoms with Crippen LogP contribution >= 0.6 is 0 Å². The van der Waals surface area contributed by atoms with Crippen molar-refractivity contribution >= 4 is 5.69 Å². The highest BCUT2D eigenvalue weighted by Crippen LogP contribution is 2.27. The first-order valence-corrected chi connectivity index (χ1v) is 5.66. The first-order chi connectivity index (χ1) is 7.97. The summed E-state index contributed by atoms with van der Waals surface area (Å²) in [4.78, 5) is 1.98. The Hall–Kier alpha value is -1.13. The van der Waals surface area contributed by atoms with E-state index in [0.29, 0.717) is 12.2 Å². The molecular formula is C13H20FNO2. The number of rotatable bonds is 5. The SMILES string of the molecule is COCC(C)N(C)c1ccc(F)cc1[C@H](C)O. The Bertz CT molecular complexity index is 368. The molecule has 0 fully saturated rings. The fourth-order valence-corrected chi connectivity index (χ4v) is 1.77. The van der Waals surface area contributed by atoms with Crippen molar-refractivity contribution in [3.8, 4) is 0 Å². The van der Waals surface area contributed by atoms with Gasteiger partial charge >= 0.3 is 0 Å². The zero-order valence-electron chi connectivity index (χ0n) is 10.8. The summed E-state index contributed by atoms with van der Waals surface area (Å²) in [6.07, 6.45) is -0.696. The molecule has 0 aliphatic carbocycles. The Balaban J connectivity index is 3.03. The van der Waals surface area contributed by atoms with E-state index in [9.17, 15) is 9.50 Å². The van der Waals surface area contributed by atoms with E-state index < -0.39 is 6.10 Å². The van der Waals surface area contributed by atoms with Gasteiger partial charge < -0.3 is 14.7 Å². The summed E-state index contributed by atoms with van der Waals surface area (Å²) in [6, 6.07) is 4.61. The van der Waals surface area contributed by atoms with Gasteiger partial charge in [-0.1, -0.05) is 0 Å². The second kappa shape index (κ2) is 5.98. The highest BCUT2D eigenvalue weighted by Gasteiger charge is 2.16. The van der Waals surface area contributed by atoms with Crippen LogP contribution in [-0.4, -0.2) is 31.9 Å². The summed E-state index contributed by atoms with van der Waals surface area (Å²) in [5, 5.41) is 9.66. The number of hydrogen-bond donors (Lipinski definition) is 1. The Morgan fingerprint density at radius 3 is 2.59 bits per heavy atom. The van der Waals surface area contributed by atoms with Crippen LogP contribution in [0, 0.1) is 5.82 Å². The third-order valence-corrected chi connectivity index (χ3v) is 2.89. The zero-order valence-corrected chi connectivity index (χ0v) is 10.8. The maximum Gasteiger partial charge on any atom is 0.123 e. The number of halogens is 1. The number of aliphatic hydroxyl groups is 1. The van der Waals surface area contributed by atoms with Gasteiger partial charge in [0.25, 0.3) is 0 Å². The summed E-state index contributed by atoms with van der Waals surface area (Å²) in [5.41, 5.74) is 1.42. The average molecular weight is 241 g/mol. The van der Waals surface area contributed by atoms with Crippen LogP contribution in [0.5, 0.6) is 0 Å². The van der Waals surface area contributed by atoms with Crippen LogP contribution in [0.4, 0.5) is 10.1 Å². The Morgan fingerprint density at radius 2 is 2.06 bits per heavy atom. The van der Waals surface area contributed by atoms with E-state index in [1.54, 1.807) is 20.1 Å². The minimum atomic E-state index is -0.696. The van der Waals surface area contributed by atoms with Crippen molar-refractivity contribution in [2.24, 2.45) is 0 Å². The summed E-state index contributed by atoms with van der Waals surface area (Å²) in [5.74, 6) is -0.336. The Kier molecular flexibility index (Phi) is 4.90. The molecule has 0 heterocycles. The Morgan fingerprint density at radius 1 is 1.41 bits per heavy atom. The zero-order chi connectivity index (χ0) is 13.0. The highest BCUT2D eigenvalue weighted by molar-refractivity contribution is 5.54. The molecule has 0 aliphatic heterocycles. The van der Waals surface area contributed by atoms with Crippen LogP contribution in [-0.2, 0) is 4.74 Å². The third kappa shape index (κ3) is 3.41. The lowest BCUT2D eigenvalue weighted by Gasteiger charge is -2.29. The molecule has 1 unspecified atom stereocenters. The van der Waals surface area contributed by atoms with Crippen LogP contribution in [0.15, 0.2) is 18.2 Å². The molecule has 0 saturated carbocycles. The topological polar surface area (TPSA) is 32.7 Å². The van der Waals surface area contributed by atoms with Gasteiger partial charge in [0.1, 0.15) is 5.82 Å². The first-order valence-electron chi connectivity index (χ1n) is 5.66. The second-order valence-corrected chi connectivity index (χ2v) is 4.29. The van der Waals surface area contributed by atoms with Crippen LogP contribution in [0.1, 0.15) is 25.5 Å². The first kappa shape index (κ1) is 13.9. The number of ether oxygens (including phenoxy) is 1. The van der Waals surface area contributed by atoms with Crippen molar-refractivity contribution in [1.29, 1.82) is 0 Å². The molecule has 1 N–H and O–H groups in total. The monoisotopic (exact) mass is 241 g/mol. The van der Waals surface area contributed by atoms with Gasteiger partial charge in [-0.25, -0.2) is 4.39 Å². The smallest absolute Gasteiger partial charge is 0.123 e. The molecule has 96 valence electrons. The van der Waals surface area contributed by atoms with E-state index in [-0.39, 0.29) is 11.9 Å². The molecule has 3 nitrogen and oxygen atoms in total. The summed E-state index contributed by atoms with van der Waals surface area (Å²) >= 11 is 0. The quantitative estimate of drug-likeness (QED) is 0.859. The molecular weight excluding hydrogens is 221 g/mol. The molecule has 1 aromatic rings. The van der Waals surface area contributed by atoms with Crippen molar-refractivity contribution < 1.29 is 14.2 Å². The lowest BCUT2D eigenvalue weighted by atomic mass is 10.1. The highest BCUT2D eigenvalue weighted by atomic mass is 19.1. The summed E-state index contributed by atoms with van der Waals surface area (Å²) < 4.78 is 18.3. The largest absolute Gasteiger partial charge is 0.389 e. The number of aliphatic hydroxyl groups excluding tert-OH is 1. The Labute approximate surface area is 102 Å². The lowest BCUT2D eigenvalue weighted by molar-refractivity contribution is 0.182. The van der Waals surface area contributed by atoms with Gasteiger partial charge in [-0.2, -0.15) is 0 Å². The molecule has 0 aromatic heterocycles. The minimum absolute atomic E-state index is 0.156. The molecule has 0 aliphatic rings. The maximum atomic E-state index is 13.2. The molecule has 2 atom stereocenters. The van der Waals surface area contributed by atoms with Crippen molar-refractivity contribution in [3.05, 3.63) is 29.6 Å². The van der Waals surface area contributed by atoms with Crippen LogP contribution in [0.25, 0.3) is 0 Å². The minimum Gasteiger partial charge on any atom is -0.389 e. The third-order valence-electron chi connectivity index (χ3n) is 2.89. The van der Waals surface area contributed by atoms with E-state index in [4.69, 9.17) is 4.74 Å². The predicted molar refractivity (Wildman–Crippen MR) is 66.8 cm³/mol. The van der Waals surface area contributed by atoms with Crippen molar-refractivity contribution in [2.45, 2.75) is 26.0 Å². The normalized spacial score (nSPS) is 14.5. The number of hydrogen-bond acceptors (Lipinski definition) is 3. The predicted octanol–water partition coefficient (Wildman–Crippen LogP) is 2.35. The van der Waals surface area contributed by atoms with Crippen molar-refractivity contribution in [2.75, 3.05) is 25.7 Å². The molecule has 0 radical (unpaired) electrons. The molecule has 0 bridgehead atoms. The molecule has 1 rings (SSSR count). The van der Waals surface area contributed by atoms with Gasteiger partial charge in [-0.05, 0) is 32.0 Å². The lowest BCUT2D eigenvalue weighted by Crippen LogP contribution is -2.33. The molecule has 0 saturated heterocycles. The van der Waals surface area contributed by atoms with Crippen LogP contribution < -0.4 is 4.90 Å². The van der Waals surface area contributed by atoms with E-state index in [2.05, 4.69) is 0 Å². The van der Waals surface area contributed by atoms with Gasteiger partial charge in [-0.15, -0.1) is 0 Å². The van der Waals surface area contributed by atoms with E-state index >= 15 is 0 Å². The van der Waals surface area contributed by atoms with Crippen LogP contribution in [0.2, 0.25) is 0 Å². The number of benzene rings is 1. The molecule has 0 amide bonds. The van der Waals surface area contributed by atoms with E-state index in [0.717, 1.165) is 5.69 Å². The summed E-state index contributed by atoms with van der Waals surface area (Å²) in [7, 11) is 3.55. The number of nitrogens with zero attached hydrogens (tertiary/aromatic N) is 1. The van der Waals surface area contributed by atoms with Gasteiger partial charge in [0, 0.05) is 31.5 Å².